The molecule has 28 heavy (non-hydrogen) atoms. The highest BCUT2D eigenvalue weighted by Gasteiger charge is 2.61. The van der Waals surface area contributed by atoms with E-state index in [1.54, 1.807) is 0 Å². The Morgan fingerprint density at radius 2 is 1.71 bits per heavy atom. The summed E-state index contributed by atoms with van der Waals surface area (Å²) in [5.74, 6) is 6.54. The van der Waals surface area contributed by atoms with Crippen LogP contribution >= 0.6 is 0 Å². The molecule has 10 atom stereocenters. The molecule has 0 aromatic carbocycles. The molecule has 4 fully saturated rings. The molecule has 2 heteroatoms. The minimum absolute atomic E-state index is 0.206. The minimum Gasteiger partial charge on any atom is -0.390 e. The minimum atomic E-state index is -0.600. The molecule has 4 rings (SSSR count). The van der Waals surface area contributed by atoms with Crippen molar-refractivity contribution in [3.8, 4) is 12.3 Å². The normalized spacial score (nSPS) is 52.7. The highest BCUT2D eigenvalue weighted by Crippen LogP contribution is 2.68. The lowest BCUT2D eigenvalue weighted by atomic mass is 9.43. The summed E-state index contributed by atoms with van der Waals surface area (Å²) in [5.41, 5.74) is 0.369. The number of aliphatic hydroxyl groups excluding tert-OH is 1. The van der Waals surface area contributed by atoms with Crippen molar-refractivity contribution in [2.24, 2.45) is 46.3 Å². The van der Waals surface area contributed by atoms with Crippen molar-refractivity contribution in [2.45, 2.75) is 104 Å². The van der Waals surface area contributed by atoms with Gasteiger partial charge in [0.2, 0.25) is 0 Å². The van der Waals surface area contributed by atoms with Crippen molar-refractivity contribution in [2.75, 3.05) is 0 Å². The van der Waals surface area contributed by atoms with Crippen LogP contribution in [0.5, 0.6) is 0 Å². The van der Waals surface area contributed by atoms with E-state index in [-0.39, 0.29) is 5.92 Å². The number of terminal acetylenes is 1. The zero-order chi connectivity index (χ0) is 20.3. The predicted molar refractivity (Wildman–Crippen MR) is 114 cm³/mol. The molecule has 0 aromatic rings. The van der Waals surface area contributed by atoms with E-state index in [1.807, 2.05) is 0 Å². The molecule has 0 aliphatic heterocycles. The molecular formula is C26H42O2. The van der Waals surface area contributed by atoms with Gasteiger partial charge in [0.1, 0.15) is 6.10 Å². The number of hydrogen-bond acceptors (Lipinski definition) is 2. The van der Waals surface area contributed by atoms with Crippen molar-refractivity contribution in [1.29, 1.82) is 0 Å². The molecule has 0 unspecified atom stereocenters. The van der Waals surface area contributed by atoms with E-state index < -0.39 is 11.7 Å². The van der Waals surface area contributed by atoms with Crippen molar-refractivity contribution >= 4 is 0 Å². The van der Waals surface area contributed by atoms with Gasteiger partial charge in [-0.25, -0.2) is 0 Å². The van der Waals surface area contributed by atoms with Gasteiger partial charge in [0.05, 0.1) is 5.60 Å². The first-order valence-electron chi connectivity index (χ1n) is 12.0. The van der Waals surface area contributed by atoms with Gasteiger partial charge in [0.15, 0.2) is 0 Å². The quantitative estimate of drug-likeness (QED) is 0.636. The second-order valence-electron chi connectivity index (χ2n) is 11.6. The zero-order valence-electron chi connectivity index (χ0n) is 18.6. The van der Waals surface area contributed by atoms with Crippen molar-refractivity contribution < 1.29 is 10.2 Å². The van der Waals surface area contributed by atoms with Crippen LogP contribution in [0, 0.1) is 58.7 Å². The largest absolute Gasteiger partial charge is 0.390 e. The highest BCUT2D eigenvalue weighted by molar-refractivity contribution is 5.12. The molecule has 0 heterocycles. The second-order valence-corrected chi connectivity index (χ2v) is 11.6. The van der Waals surface area contributed by atoms with Gasteiger partial charge in [-0.15, -0.1) is 6.42 Å². The van der Waals surface area contributed by atoms with E-state index in [0.717, 1.165) is 37.0 Å². The summed E-state index contributed by atoms with van der Waals surface area (Å²) in [6, 6.07) is 0. The lowest BCUT2D eigenvalue weighted by Gasteiger charge is -2.62. The monoisotopic (exact) mass is 386 g/mol. The Labute approximate surface area is 172 Å². The van der Waals surface area contributed by atoms with Crippen LogP contribution in [0.15, 0.2) is 0 Å². The second kappa shape index (κ2) is 7.02. The van der Waals surface area contributed by atoms with Gasteiger partial charge >= 0.3 is 0 Å². The third kappa shape index (κ3) is 2.91. The Kier molecular flexibility index (Phi) is 5.20. The van der Waals surface area contributed by atoms with Crippen LogP contribution in [0.2, 0.25) is 0 Å². The fraction of sp³-hybridized carbons (Fsp3) is 0.923. The number of hydrogen-bond donors (Lipinski definition) is 2. The molecule has 0 amide bonds. The number of rotatable bonds is 3. The molecule has 2 N–H and O–H groups in total. The average Bonchev–Trinajstić information content (AvgIpc) is 3.04. The fourth-order valence-corrected chi connectivity index (χ4v) is 8.92. The smallest absolute Gasteiger partial charge is 0.117 e. The van der Waals surface area contributed by atoms with Crippen LogP contribution < -0.4 is 0 Å². The van der Waals surface area contributed by atoms with Gasteiger partial charge in [0.25, 0.3) is 0 Å². The molecule has 0 bridgehead atoms. The summed E-state index contributed by atoms with van der Waals surface area (Å²) in [4.78, 5) is 0. The third-order valence-corrected chi connectivity index (χ3v) is 10.9. The first-order chi connectivity index (χ1) is 13.2. The topological polar surface area (TPSA) is 40.5 Å². The van der Waals surface area contributed by atoms with Gasteiger partial charge in [-0.3, -0.25) is 0 Å². The summed E-state index contributed by atoms with van der Waals surface area (Å²) < 4.78 is 0. The van der Waals surface area contributed by atoms with Gasteiger partial charge in [-0.1, -0.05) is 33.6 Å². The first-order valence-corrected chi connectivity index (χ1v) is 12.0. The lowest BCUT2D eigenvalue weighted by molar-refractivity contribution is -0.153. The van der Waals surface area contributed by atoms with Crippen molar-refractivity contribution in [1.82, 2.24) is 0 Å². The summed E-state index contributed by atoms with van der Waals surface area (Å²) in [6.45, 7) is 9.44. The van der Waals surface area contributed by atoms with Crippen molar-refractivity contribution in [3.63, 3.8) is 0 Å². The lowest BCUT2D eigenvalue weighted by Crippen LogP contribution is -2.56. The van der Waals surface area contributed by atoms with Crippen LogP contribution in [-0.4, -0.2) is 21.9 Å². The molecule has 0 saturated heterocycles. The molecular weight excluding hydrogens is 344 g/mol. The molecule has 4 aliphatic carbocycles. The van der Waals surface area contributed by atoms with Crippen molar-refractivity contribution in [3.05, 3.63) is 0 Å². The van der Waals surface area contributed by atoms with E-state index >= 15 is 0 Å². The maximum absolute atomic E-state index is 11.0. The summed E-state index contributed by atoms with van der Waals surface area (Å²) >= 11 is 0. The molecule has 158 valence electrons. The Morgan fingerprint density at radius 1 is 1.00 bits per heavy atom. The van der Waals surface area contributed by atoms with Gasteiger partial charge in [-0.2, -0.15) is 0 Å². The van der Waals surface area contributed by atoms with Gasteiger partial charge < -0.3 is 10.2 Å². The Morgan fingerprint density at radius 3 is 2.39 bits per heavy atom. The van der Waals surface area contributed by atoms with Crippen LogP contribution in [0.3, 0.4) is 0 Å². The maximum atomic E-state index is 11.0. The molecule has 2 nitrogen and oxygen atoms in total. The first kappa shape index (κ1) is 20.7. The number of fused-ring (bicyclic) bond motifs is 5. The Balaban J connectivity index is 1.56. The maximum Gasteiger partial charge on any atom is 0.117 e. The summed E-state index contributed by atoms with van der Waals surface area (Å²) in [7, 11) is 0. The highest BCUT2D eigenvalue weighted by atomic mass is 16.3. The molecule has 0 radical (unpaired) electrons. The summed E-state index contributed by atoms with van der Waals surface area (Å²) in [6.07, 6.45) is 17.0. The van der Waals surface area contributed by atoms with E-state index in [1.165, 1.54) is 44.9 Å². The van der Waals surface area contributed by atoms with Crippen LogP contribution in [-0.2, 0) is 0 Å². The van der Waals surface area contributed by atoms with Crippen LogP contribution in [0.25, 0.3) is 0 Å². The average molecular weight is 387 g/mol. The standard InChI is InChI=1S/C26H42O2/c1-6-23(27)17(3)20-10-11-21-19-9-8-18-16-26(28,7-2)15-14-24(18,4)22(19)12-13-25(20,21)5/h1,17-23,27-28H,7-16H2,2-5H3/t17-,18+,19-,20+,21-,22-,23+,24-,25+,26+/m0/s1. The molecule has 0 aromatic heterocycles. The van der Waals surface area contributed by atoms with Gasteiger partial charge in [-0.05, 0) is 111 Å². The zero-order valence-corrected chi connectivity index (χ0v) is 18.6. The van der Waals surface area contributed by atoms with Crippen LogP contribution in [0.1, 0.15) is 91.9 Å². The SMILES string of the molecule is C#C[C@@H](O)[C@@H](C)[C@H]1CC[C@H]2[C@@H]3CC[C@@H]4C[C@@](O)(CC)CC[C@]4(C)[C@H]3CC[C@]12C. The van der Waals surface area contributed by atoms with E-state index in [2.05, 4.69) is 33.6 Å². The Hall–Kier alpha value is -0.520. The molecule has 4 aliphatic rings. The van der Waals surface area contributed by atoms with Crippen LogP contribution in [0.4, 0.5) is 0 Å². The molecule has 4 saturated carbocycles. The van der Waals surface area contributed by atoms with Gasteiger partial charge in [0, 0.05) is 0 Å². The fourth-order valence-electron chi connectivity index (χ4n) is 8.92. The molecule has 0 spiro atoms. The Bertz CT molecular complexity index is 637. The number of aliphatic hydroxyl groups is 2. The van der Waals surface area contributed by atoms with E-state index in [9.17, 15) is 10.2 Å². The summed E-state index contributed by atoms with van der Waals surface area (Å²) in [5, 5.41) is 21.3. The predicted octanol–water partition coefficient (Wildman–Crippen LogP) is 5.42. The third-order valence-electron chi connectivity index (χ3n) is 10.9. The van der Waals surface area contributed by atoms with E-state index in [0.29, 0.717) is 22.7 Å². The van der Waals surface area contributed by atoms with E-state index in [4.69, 9.17) is 6.42 Å².